The smallest absolute Gasteiger partial charge is 0.229 e. The van der Waals surface area contributed by atoms with Crippen LogP contribution in [0.4, 0.5) is 4.39 Å². The van der Waals surface area contributed by atoms with Crippen LogP contribution in [0.2, 0.25) is 10.0 Å². The summed E-state index contributed by atoms with van der Waals surface area (Å²) in [6, 6.07) is 9.43. The molecule has 188 valence electrons. The van der Waals surface area contributed by atoms with Gasteiger partial charge in [-0.2, -0.15) is 5.10 Å². The number of amidine groups is 1. The SMILES string of the molecule is Cc1ccc(CC2CON=C(c3c(S(=O)(=O)c4cccc(Cl)c4F)nnc4c3CCCC4)N2)c(Cl)c1. The Bertz CT molecular complexity index is 1480. The number of oxime groups is 1. The Hall–Kier alpha value is -2.75. The highest BCUT2D eigenvalue weighted by Gasteiger charge is 2.35. The molecule has 0 saturated carbocycles. The van der Waals surface area contributed by atoms with Gasteiger partial charge < -0.3 is 10.2 Å². The first-order valence-electron chi connectivity index (χ1n) is 11.5. The molecule has 0 radical (unpaired) electrons. The lowest BCUT2D eigenvalue weighted by atomic mass is 9.92. The van der Waals surface area contributed by atoms with E-state index in [2.05, 4.69) is 20.7 Å². The third-order valence-corrected chi connectivity index (χ3v) is 8.69. The van der Waals surface area contributed by atoms with Crippen molar-refractivity contribution < 1.29 is 17.6 Å². The molecule has 2 aromatic carbocycles. The number of nitrogens with zero attached hydrogens (tertiary/aromatic N) is 3. The number of hydrogen-bond acceptors (Lipinski definition) is 7. The van der Waals surface area contributed by atoms with Gasteiger partial charge in [-0.1, -0.05) is 46.6 Å². The second kappa shape index (κ2) is 9.95. The zero-order chi connectivity index (χ0) is 25.4. The van der Waals surface area contributed by atoms with Crippen molar-refractivity contribution in [1.29, 1.82) is 0 Å². The highest BCUT2D eigenvalue weighted by Crippen LogP contribution is 2.33. The van der Waals surface area contributed by atoms with Crippen LogP contribution in [0.25, 0.3) is 0 Å². The van der Waals surface area contributed by atoms with Crippen molar-refractivity contribution in [3.05, 3.63) is 80.2 Å². The fraction of sp³-hybridized carbons (Fsp3) is 0.320. The number of benzene rings is 2. The summed E-state index contributed by atoms with van der Waals surface area (Å²) in [4.78, 5) is 4.97. The van der Waals surface area contributed by atoms with Crippen LogP contribution in [0.15, 0.2) is 51.5 Å². The standard InChI is InChI=1S/C25H23Cl2FN4O3S/c1-14-9-10-15(19(27)11-14)12-16-13-35-32-24(29-16)22-17-5-2-3-7-20(17)30-31-25(22)36(33,34)21-8-4-6-18(26)23(21)28/h4,6,8-11,16H,2-3,5,7,12-13H2,1H3,(H,29,32). The van der Waals surface area contributed by atoms with Crippen molar-refractivity contribution in [2.24, 2.45) is 5.16 Å². The molecule has 1 N–H and O–H groups in total. The van der Waals surface area contributed by atoms with E-state index < -0.39 is 20.5 Å². The molecule has 11 heteroatoms. The maximum absolute atomic E-state index is 14.8. The Morgan fingerprint density at radius 2 is 1.92 bits per heavy atom. The average Bonchev–Trinajstić information content (AvgIpc) is 2.86. The van der Waals surface area contributed by atoms with E-state index in [1.165, 1.54) is 12.1 Å². The summed E-state index contributed by atoms with van der Waals surface area (Å²) in [6.07, 6.45) is 3.56. The van der Waals surface area contributed by atoms with Crippen LogP contribution in [0, 0.1) is 12.7 Å². The van der Waals surface area contributed by atoms with Gasteiger partial charge in [-0.05, 0) is 73.9 Å². The summed E-state index contributed by atoms with van der Waals surface area (Å²) >= 11 is 12.3. The molecule has 2 heterocycles. The third kappa shape index (κ3) is 4.67. The molecule has 0 amide bonds. The average molecular weight is 549 g/mol. The highest BCUT2D eigenvalue weighted by molar-refractivity contribution is 7.91. The number of hydrogen-bond donors (Lipinski definition) is 1. The number of rotatable bonds is 5. The Balaban J connectivity index is 1.58. The van der Waals surface area contributed by atoms with Gasteiger partial charge in [-0.15, -0.1) is 5.10 Å². The third-order valence-electron chi connectivity index (χ3n) is 6.36. The number of nitrogens with one attached hydrogen (secondary N) is 1. The quantitative estimate of drug-likeness (QED) is 0.490. The molecule has 1 aromatic heterocycles. The Labute approximate surface area is 218 Å². The predicted octanol–water partition coefficient (Wildman–Crippen LogP) is 4.84. The summed E-state index contributed by atoms with van der Waals surface area (Å²) in [6.45, 7) is 2.23. The van der Waals surface area contributed by atoms with Gasteiger partial charge in [0.1, 0.15) is 11.5 Å². The van der Waals surface area contributed by atoms with Crippen LogP contribution in [0.1, 0.15) is 40.8 Å². The van der Waals surface area contributed by atoms with Gasteiger partial charge in [0.05, 0.1) is 22.3 Å². The number of fused-ring (bicyclic) bond motifs is 1. The van der Waals surface area contributed by atoms with Crippen LogP contribution in [0.3, 0.4) is 0 Å². The van der Waals surface area contributed by atoms with Gasteiger partial charge in [0.2, 0.25) is 9.84 Å². The first-order chi connectivity index (χ1) is 17.3. The van der Waals surface area contributed by atoms with Crippen molar-refractivity contribution in [1.82, 2.24) is 15.5 Å². The zero-order valence-electron chi connectivity index (χ0n) is 19.4. The molecular weight excluding hydrogens is 526 g/mol. The van der Waals surface area contributed by atoms with Crippen LogP contribution >= 0.6 is 23.2 Å². The molecule has 36 heavy (non-hydrogen) atoms. The first-order valence-corrected chi connectivity index (χ1v) is 13.8. The molecule has 5 rings (SSSR count). The Morgan fingerprint density at radius 3 is 2.72 bits per heavy atom. The Kier molecular flexibility index (Phi) is 6.89. The van der Waals surface area contributed by atoms with Crippen molar-refractivity contribution >= 4 is 38.9 Å². The number of aromatic nitrogens is 2. The zero-order valence-corrected chi connectivity index (χ0v) is 21.7. The summed E-state index contributed by atoms with van der Waals surface area (Å²) in [5, 5.41) is 15.7. The molecule has 0 saturated heterocycles. The number of sulfone groups is 1. The largest absolute Gasteiger partial charge is 0.392 e. The minimum atomic E-state index is -4.42. The molecular formula is C25H23Cl2FN4O3S. The normalized spacial score (nSPS) is 17.6. The van der Waals surface area contributed by atoms with E-state index in [0.29, 0.717) is 30.0 Å². The van der Waals surface area contributed by atoms with Crippen LogP contribution in [0.5, 0.6) is 0 Å². The van der Waals surface area contributed by atoms with Gasteiger partial charge in [-0.3, -0.25) is 0 Å². The molecule has 7 nitrogen and oxygen atoms in total. The van der Waals surface area contributed by atoms with Gasteiger partial charge in [0.15, 0.2) is 16.7 Å². The minimum Gasteiger partial charge on any atom is -0.392 e. The van der Waals surface area contributed by atoms with Crippen LogP contribution in [-0.4, -0.2) is 37.1 Å². The second-order valence-corrected chi connectivity index (χ2v) is 11.6. The number of halogens is 3. The number of aryl methyl sites for hydroxylation is 2. The van der Waals surface area contributed by atoms with Crippen molar-refractivity contribution in [2.75, 3.05) is 6.61 Å². The van der Waals surface area contributed by atoms with Crippen molar-refractivity contribution in [3.63, 3.8) is 0 Å². The topological polar surface area (TPSA) is 93.5 Å². The lowest BCUT2D eigenvalue weighted by Gasteiger charge is -2.27. The van der Waals surface area contributed by atoms with E-state index in [0.717, 1.165) is 35.6 Å². The Morgan fingerprint density at radius 1 is 1.11 bits per heavy atom. The summed E-state index contributed by atoms with van der Waals surface area (Å²) in [5.74, 6) is -0.810. The second-order valence-electron chi connectivity index (χ2n) is 8.94. The molecule has 0 fully saturated rings. The van der Waals surface area contributed by atoms with E-state index in [1.807, 2.05) is 25.1 Å². The summed E-state index contributed by atoms with van der Waals surface area (Å²) < 4.78 is 42.2. The first kappa shape index (κ1) is 24.9. The van der Waals surface area contributed by atoms with Crippen LogP contribution in [-0.2, 0) is 33.9 Å². The molecule has 1 aliphatic heterocycles. The van der Waals surface area contributed by atoms with Crippen molar-refractivity contribution in [2.45, 2.75) is 55.0 Å². The lowest BCUT2D eigenvalue weighted by molar-refractivity contribution is 0.109. The maximum atomic E-state index is 14.8. The molecule has 3 aromatic rings. The molecule has 2 aliphatic rings. The predicted molar refractivity (Wildman–Crippen MR) is 135 cm³/mol. The van der Waals surface area contributed by atoms with E-state index in [1.54, 1.807) is 0 Å². The van der Waals surface area contributed by atoms with Gasteiger partial charge in [-0.25, -0.2) is 12.8 Å². The molecule has 1 unspecified atom stereocenters. The minimum absolute atomic E-state index is 0.226. The molecule has 0 bridgehead atoms. The van der Waals surface area contributed by atoms with Gasteiger partial charge in [0, 0.05) is 5.02 Å². The monoisotopic (exact) mass is 548 g/mol. The summed E-state index contributed by atoms with van der Waals surface area (Å²) in [5.41, 5.74) is 3.67. The maximum Gasteiger partial charge on any atom is 0.229 e. The fourth-order valence-corrected chi connectivity index (χ4v) is 6.54. The van der Waals surface area contributed by atoms with E-state index >= 15 is 0 Å². The lowest BCUT2D eigenvalue weighted by Crippen LogP contribution is -2.44. The van der Waals surface area contributed by atoms with Gasteiger partial charge >= 0.3 is 0 Å². The summed E-state index contributed by atoms with van der Waals surface area (Å²) in [7, 11) is -4.42. The van der Waals surface area contributed by atoms with Crippen LogP contribution < -0.4 is 5.32 Å². The highest BCUT2D eigenvalue weighted by atomic mass is 35.5. The van der Waals surface area contributed by atoms with Crippen molar-refractivity contribution in [3.8, 4) is 0 Å². The fourth-order valence-electron chi connectivity index (χ4n) is 4.55. The van der Waals surface area contributed by atoms with E-state index in [-0.39, 0.29) is 34.1 Å². The van der Waals surface area contributed by atoms with E-state index in [9.17, 15) is 12.8 Å². The van der Waals surface area contributed by atoms with Gasteiger partial charge in [0.25, 0.3) is 0 Å². The molecule has 0 spiro atoms. The molecule has 1 atom stereocenters. The van der Waals surface area contributed by atoms with E-state index in [4.69, 9.17) is 28.0 Å². The molecule has 1 aliphatic carbocycles.